The predicted octanol–water partition coefficient (Wildman–Crippen LogP) is 2.02. The van der Waals surface area contributed by atoms with Crippen LogP contribution in [0.5, 0.6) is 0 Å². The van der Waals surface area contributed by atoms with E-state index in [4.69, 9.17) is 5.11 Å². The van der Waals surface area contributed by atoms with Crippen molar-refractivity contribution in [1.29, 1.82) is 0 Å². The van der Waals surface area contributed by atoms with Crippen molar-refractivity contribution < 1.29 is 14.7 Å². The van der Waals surface area contributed by atoms with Crippen molar-refractivity contribution in [1.82, 2.24) is 0 Å². The highest BCUT2D eigenvalue weighted by Gasteiger charge is 2.34. The van der Waals surface area contributed by atoms with Crippen molar-refractivity contribution in [2.24, 2.45) is 11.8 Å². The molecule has 78 valence electrons. The van der Waals surface area contributed by atoms with Gasteiger partial charge in [-0.1, -0.05) is 6.08 Å². The van der Waals surface area contributed by atoms with Gasteiger partial charge < -0.3 is 5.11 Å². The first-order valence-corrected chi connectivity index (χ1v) is 5.00. The molecule has 1 rings (SSSR count). The molecule has 0 aromatic carbocycles. The van der Waals surface area contributed by atoms with Gasteiger partial charge in [0, 0.05) is 18.8 Å². The first-order valence-electron chi connectivity index (χ1n) is 5.00. The largest absolute Gasteiger partial charge is 0.481 e. The van der Waals surface area contributed by atoms with E-state index in [1.807, 2.05) is 0 Å². The summed E-state index contributed by atoms with van der Waals surface area (Å²) >= 11 is 0. The Bertz CT molecular complexity index is 245. The highest BCUT2D eigenvalue weighted by molar-refractivity contribution is 5.84. The van der Waals surface area contributed by atoms with Gasteiger partial charge >= 0.3 is 5.97 Å². The van der Waals surface area contributed by atoms with E-state index in [1.54, 1.807) is 6.08 Å². The fraction of sp³-hybridized carbons (Fsp3) is 0.636. The SMILES string of the molecule is C=CCCC1C(=O)CCC1CC(=O)O. The lowest BCUT2D eigenvalue weighted by molar-refractivity contribution is -0.138. The standard InChI is InChI=1S/C11H16O3/c1-2-3-4-9-8(7-11(13)14)5-6-10(9)12/h2,8-9H,1,3-7H2,(H,13,14). The molecule has 1 saturated carbocycles. The summed E-state index contributed by atoms with van der Waals surface area (Å²) in [4.78, 5) is 22.0. The summed E-state index contributed by atoms with van der Waals surface area (Å²) in [6.07, 6.45) is 4.77. The van der Waals surface area contributed by atoms with Gasteiger partial charge in [0.05, 0.1) is 0 Å². The van der Waals surface area contributed by atoms with Crippen LogP contribution in [0, 0.1) is 11.8 Å². The number of carboxylic acids is 1. The first kappa shape index (κ1) is 11.0. The number of hydrogen-bond donors (Lipinski definition) is 1. The second-order valence-corrected chi connectivity index (χ2v) is 3.84. The fourth-order valence-corrected chi connectivity index (χ4v) is 2.14. The fourth-order valence-electron chi connectivity index (χ4n) is 2.14. The summed E-state index contributed by atoms with van der Waals surface area (Å²) in [7, 11) is 0. The molecule has 0 aromatic heterocycles. The van der Waals surface area contributed by atoms with Crippen LogP contribution >= 0.6 is 0 Å². The minimum absolute atomic E-state index is 0.0379. The smallest absolute Gasteiger partial charge is 0.303 e. The average molecular weight is 196 g/mol. The molecule has 0 bridgehead atoms. The lowest BCUT2D eigenvalue weighted by Gasteiger charge is -2.15. The van der Waals surface area contributed by atoms with Crippen molar-refractivity contribution in [3.8, 4) is 0 Å². The topological polar surface area (TPSA) is 54.4 Å². The second kappa shape index (κ2) is 4.94. The zero-order valence-electron chi connectivity index (χ0n) is 8.24. The first-order chi connectivity index (χ1) is 6.65. The Labute approximate surface area is 83.8 Å². The van der Waals surface area contributed by atoms with Gasteiger partial charge in [-0.15, -0.1) is 6.58 Å². The van der Waals surface area contributed by atoms with Crippen molar-refractivity contribution in [2.45, 2.75) is 32.1 Å². The van der Waals surface area contributed by atoms with Crippen LogP contribution in [-0.2, 0) is 9.59 Å². The van der Waals surface area contributed by atoms with Crippen LogP contribution in [-0.4, -0.2) is 16.9 Å². The molecule has 0 spiro atoms. The molecule has 1 N–H and O–H groups in total. The van der Waals surface area contributed by atoms with Crippen molar-refractivity contribution in [2.75, 3.05) is 0 Å². The Kier molecular flexibility index (Phi) is 3.86. The molecule has 1 fully saturated rings. The Morgan fingerprint density at radius 1 is 1.64 bits per heavy atom. The van der Waals surface area contributed by atoms with E-state index in [9.17, 15) is 9.59 Å². The predicted molar refractivity (Wildman–Crippen MR) is 52.9 cm³/mol. The summed E-state index contributed by atoms with van der Waals surface area (Å²) in [5.41, 5.74) is 0. The van der Waals surface area contributed by atoms with Gasteiger partial charge in [-0.05, 0) is 25.2 Å². The van der Waals surface area contributed by atoms with Gasteiger partial charge in [-0.25, -0.2) is 0 Å². The third kappa shape index (κ3) is 2.69. The summed E-state index contributed by atoms with van der Waals surface area (Å²) in [6, 6.07) is 0. The van der Waals surface area contributed by atoms with Gasteiger partial charge in [0.25, 0.3) is 0 Å². The maximum Gasteiger partial charge on any atom is 0.303 e. The molecule has 0 amide bonds. The zero-order chi connectivity index (χ0) is 10.6. The summed E-state index contributed by atoms with van der Waals surface area (Å²) in [5, 5.41) is 8.67. The molecule has 14 heavy (non-hydrogen) atoms. The molecule has 1 aliphatic rings. The average Bonchev–Trinajstić information content (AvgIpc) is 2.44. The van der Waals surface area contributed by atoms with Crippen molar-refractivity contribution in [3.63, 3.8) is 0 Å². The number of rotatable bonds is 5. The number of allylic oxidation sites excluding steroid dienone is 1. The zero-order valence-corrected chi connectivity index (χ0v) is 8.24. The van der Waals surface area contributed by atoms with E-state index >= 15 is 0 Å². The third-order valence-electron chi connectivity index (χ3n) is 2.86. The van der Waals surface area contributed by atoms with Crippen LogP contribution in [0.1, 0.15) is 32.1 Å². The second-order valence-electron chi connectivity index (χ2n) is 3.84. The number of hydrogen-bond acceptors (Lipinski definition) is 2. The van der Waals surface area contributed by atoms with Gasteiger partial charge in [-0.3, -0.25) is 9.59 Å². The summed E-state index contributed by atoms with van der Waals surface area (Å²) in [5.74, 6) is -0.546. The molecule has 0 heterocycles. The van der Waals surface area contributed by atoms with Gasteiger partial charge in [0.1, 0.15) is 5.78 Å². The molecule has 2 unspecified atom stereocenters. The quantitative estimate of drug-likeness (QED) is 0.684. The maximum atomic E-state index is 11.4. The van der Waals surface area contributed by atoms with E-state index in [2.05, 4.69) is 6.58 Å². The lowest BCUT2D eigenvalue weighted by Crippen LogP contribution is -2.17. The summed E-state index contributed by atoms with van der Waals surface area (Å²) < 4.78 is 0. The molecule has 0 aromatic rings. The molecule has 0 aliphatic heterocycles. The van der Waals surface area contributed by atoms with E-state index in [0.29, 0.717) is 6.42 Å². The molecule has 3 nitrogen and oxygen atoms in total. The van der Waals surface area contributed by atoms with E-state index in [1.165, 1.54) is 0 Å². The van der Waals surface area contributed by atoms with Crippen molar-refractivity contribution >= 4 is 11.8 Å². The van der Waals surface area contributed by atoms with Gasteiger partial charge in [-0.2, -0.15) is 0 Å². The van der Waals surface area contributed by atoms with Crippen LogP contribution in [0.2, 0.25) is 0 Å². The maximum absolute atomic E-state index is 11.4. The number of ketones is 1. The highest BCUT2D eigenvalue weighted by atomic mass is 16.4. The van der Waals surface area contributed by atoms with Crippen LogP contribution in [0.4, 0.5) is 0 Å². The monoisotopic (exact) mass is 196 g/mol. The van der Waals surface area contributed by atoms with Gasteiger partial charge in [0.2, 0.25) is 0 Å². The molecular formula is C11H16O3. The number of aliphatic carboxylic acids is 1. The summed E-state index contributed by atoms with van der Waals surface area (Å²) in [6.45, 7) is 3.61. The Hall–Kier alpha value is -1.12. The molecule has 1 aliphatic carbocycles. The number of carbonyl (C=O) groups excluding carboxylic acids is 1. The van der Waals surface area contributed by atoms with Crippen LogP contribution in [0.3, 0.4) is 0 Å². The Morgan fingerprint density at radius 3 is 2.93 bits per heavy atom. The molecule has 2 atom stereocenters. The van der Waals surface area contributed by atoms with Crippen molar-refractivity contribution in [3.05, 3.63) is 12.7 Å². The van der Waals surface area contributed by atoms with E-state index in [-0.39, 0.29) is 24.0 Å². The molecule has 0 radical (unpaired) electrons. The lowest BCUT2D eigenvalue weighted by atomic mass is 9.89. The van der Waals surface area contributed by atoms with E-state index in [0.717, 1.165) is 19.3 Å². The Morgan fingerprint density at radius 2 is 2.36 bits per heavy atom. The third-order valence-corrected chi connectivity index (χ3v) is 2.86. The Balaban J connectivity index is 2.52. The van der Waals surface area contributed by atoms with Crippen LogP contribution < -0.4 is 0 Å². The molecule has 0 saturated heterocycles. The molecule has 3 heteroatoms. The van der Waals surface area contributed by atoms with Gasteiger partial charge in [0.15, 0.2) is 0 Å². The highest BCUT2D eigenvalue weighted by Crippen LogP contribution is 2.34. The van der Waals surface area contributed by atoms with Crippen LogP contribution in [0.25, 0.3) is 0 Å². The molecular weight excluding hydrogens is 180 g/mol. The minimum Gasteiger partial charge on any atom is -0.481 e. The minimum atomic E-state index is -0.798. The number of carbonyl (C=O) groups is 2. The normalized spacial score (nSPS) is 26.4. The number of carboxylic acid groups (broad SMARTS) is 1. The van der Waals surface area contributed by atoms with E-state index < -0.39 is 5.97 Å². The van der Waals surface area contributed by atoms with Crippen LogP contribution in [0.15, 0.2) is 12.7 Å². The number of Topliss-reactive ketones (excluding diaryl/α,β-unsaturated/α-hetero) is 1.